The molecule has 2 nitrogen and oxygen atoms in total. The number of nitrogens with one attached hydrogen (secondary N) is 1. The molecule has 0 spiro atoms. The molecule has 2 rings (SSSR count). The molecular weight excluding hydrogens is 196 g/mol. The Morgan fingerprint density at radius 1 is 1.31 bits per heavy atom. The van der Waals surface area contributed by atoms with E-state index in [1.165, 1.54) is 37.8 Å². The Bertz CT molecular complexity index is 297. The number of anilines is 1. The van der Waals surface area contributed by atoms with Gasteiger partial charge in [0.15, 0.2) is 0 Å². The van der Waals surface area contributed by atoms with Gasteiger partial charge < -0.3 is 5.32 Å². The Kier molecular flexibility index (Phi) is 4.20. The fourth-order valence-electron chi connectivity index (χ4n) is 2.71. The second-order valence-corrected chi connectivity index (χ2v) is 5.09. The van der Waals surface area contributed by atoms with Gasteiger partial charge >= 0.3 is 0 Å². The topological polar surface area (TPSA) is 24.9 Å². The van der Waals surface area contributed by atoms with Crippen molar-refractivity contribution in [2.75, 3.05) is 11.9 Å². The lowest BCUT2D eigenvalue weighted by molar-refractivity contribution is 0.274. The Balaban J connectivity index is 1.68. The minimum atomic E-state index is 0.943. The maximum absolute atomic E-state index is 4.01. The molecule has 2 atom stereocenters. The van der Waals surface area contributed by atoms with Crippen LogP contribution in [-0.2, 0) is 0 Å². The van der Waals surface area contributed by atoms with Gasteiger partial charge in [-0.1, -0.05) is 26.2 Å². The lowest BCUT2D eigenvalue weighted by Gasteiger charge is -2.26. The van der Waals surface area contributed by atoms with E-state index in [9.17, 15) is 0 Å². The van der Waals surface area contributed by atoms with Gasteiger partial charge in [-0.25, -0.2) is 0 Å². The third kappa shape index (κ3) is 3.51. The van der Waals surface area contributed by atoms with E-state index in [-0.39, 0.29) is 0 Å². The molecule has 1 aliphatic rings. The number of rotatable bonds is 4. The van der Waals surface area contributed by atoms with Crippen LogP contribution in [-0.4, -0.2) is 11.5 Å². The van der Waals surface area contributed by atoms with Gasteiger partial charge in [-0.15, -0.1) is 0 Å². The monoisotopic (exact) mass is 218 g/mol. The van der Waals surface area contributed by atoms with Gasteiger partial charge in [0.1, 0.15) is 0 Å². The summed E-state index contributed by atoms with van der Waals surface area (Å²) in [7, 11) is 0. The standard InChI is InChI=1S/C14H22N2/c1-12-3-2-4-13(11-12)5-10-16-14-6-8-15-9-7-14/h6-9,12-13H,2-5,10-11H2,1H3,(H,15,16). The minimum absolute atomic E-state index is 0.943. The molecule has 2 heteroatoms. The zero-order valence-electron chi connectivity index (χ0n) is 10.2. The Hall–Kier alpha value is -1.05. The number of hydrogen-bond acceptors (Lipinski definition) is 2. The van der Waals surface area contributed by atoms with Crippen molar-refractivity contribution < 1.29 is 0 Å². The fraction of sp³-hybridized carbons (Fsp3) is 0.643. The van der Waals surface area contributed by atoms with Crippen LogP contribution in [0.1, 0.15) is 39.0 Å². The van der Waals surface area contributed by atoms with Crippen molar-refractivity contribution in [1.29, 1.82) is 0 Å². The van der Waals surface area contributed by atoms with Crippen LogP contribution in [0, 0.1) is 11.8 Å². The van der Waals surface area contributed by atoms with Crippen molar-refractivity contribution in [2.45, 2.75) is 39.0 Å². The molecule has 1 aromatic heterocycles. The molecule has 1 fully saturated rings. The van der Waals surface area contributed by atoms with E-state index >= 15 is 0 Å². The SMILES string of the molecule is CC1CCCC(CCNc2ccncc2)C1. The highest BCUT2D eigenvalue weighted by Crippen LogP contribution is 2.30. The predicted octanol–water partition coefficient (Wildman–Crippen LogP) is 3.71. The summed E-state index contributed by atoms with van der Waals surface area (Å²) in [6.45, 7) is 3.49. The van der Waals surface area contributed by atoms with Gasteiger partial charge in [-0.3, -0.25) is 4.98 Å². The van der Waals surface area contributed by atoms with Crippen LogP contribution < -0.4 is 5.32 Å². The Labute approximate surface area is 98.5 Å². The third-order valence-electron chi connectivity index (χ3n) is 3.61. The summed E-state index contributed by atoms with van der Waals surface area (Å²) in [6, 6.07) is 4.06. The smallest absolute Gasteiger partial charge is 0.0371 e. The number of pyridine rings is 1. The minimum Gasteiger partial charge on any atom is -0.385 e. The summed E-state index contributed by atoms with van der Waals surface area (Å²) >= 11 is 0. The summed E-state index contributed by atoms with van der Waals surface area (Å²) in [5.74, 6) is 1.89. The molecule has 0 aromatic carbocycles. The first kappa shape index (κ1) is 11.4. The summed E-state index contributed by atoms with van der Waals surface area (Å²) < 4.78 is 0. The first-order valence-corrected chi connectivity index (χ1v) is 6.48. The van der Waals surface area contributed by atoms with Crippen molar-refractivity contribution in [3.05, 3.63) is 24.5 Å². The van der Waals surface area contributed by atoms with Crippen molar-refractivity contribution >= 4 is 5.69 Å². The number of hydrogen-bond donors (Lipinski definition) is 1. The molecule has 1 aromatic rings. The van der Waals surface area contributed by atoms with E-state index in [0.29, 0.717) is 0 Å². The van der Waals surface area contributed by atoms with Gasteiger partial charge in [0.05, 0.1) is 0 Å². The summed E-state index contributed by atoms with van der Waals surface area (Å²) in [4.78, 5) is 4.01. The quantitative estimate of drug-likeness (QED) is 0.833. The number of aromatic nitrogens is 1. The lowest BCUT2D eigenvalue weighted by atomic mass is 9.81. The number of nitrogens with zero attached hydrogens (tertiary/aromatic N) is 1. The average molecular weight is 218 g/mol. The molecule has 0 aliphatic heterocycles. The molecule has 1 N–H and O–H groups in total. The van der Waals surface area contributed by atoms with Crippen LogP contribution in [0.25, 0.3) is 0 Å². The maximum Gasteiger partial charge on any atom is 0.0371 e. The van der Waals surface area contributed by atoms with E-state index in [0.717, 1.165) is 18.4 Å². The van der Waals surface area contributed by atoms with E-state index in [1.54, 1.807) is 0 Å². The molecule has 0 amide bonds. The van der Waals surface area contributed by atoms with Crippen LogP contribution in [0.5, 0.6) is 0 Å². The Morgan fingerprint density at radius 3 is 2.88 bits per heavy atom. The zero-order chi connectivity index (χ0) is 11.2. The van der Waals surface area contributed by atoms with E-state index in [1.807, 2.05) is 24.5 Å². The average Bonchev–Trinajstić information content (AvgIpc) is 2.30. The largest absolute Gasteiger partial charge is 0.385 e. The maximum atomic E-state index is 4.01. The van der Waals surface area contributed by atoms with Gasteiger partial charge in [0, 0.05) is 24.6 Å². The molecule has 0 bridgehead atoms. The molecule has 1 aliphatic carbocycles. The summed E-state index contributed by atoms with van der Waals surface area (Å²) in [6.07, 6.45) is 10.7. The summed E-state index contributed by atoms with van der Waals surface area (Å²) in [5, 5.41) is 3.47. The third-order valence-corrected chi connectivity index (χ3v) is 3.61. The second-order valence-electron chi connectivity index (χ2n) is 5.09. The fourth-order valence-corrected chi connectivity index (χ4v) is 2.71. The molecule has 0 saturated heterocycles. The first-order chi connectivity index (χ1) is 7.84. The molecule has 1 heterocycles. The predicted molar refractivity (Wildman–Crippen MR) is 68.5 cm³/mol. The highest BCUT2D eigenvalue weighted by Gasteiger charge is 2.17. The van der Waals surface area contributed by atoms with Gasteiger partial charge in [-0.2, -0.15) is 0 Å². The van der Waals surface area contributed by atoms with Crippen LogP contribution in [0.4, 0.5) is 5.69 Å². The van der Waals surface area contributed by atoms with Gasteiger partial charge in [-0.05, 0) is 36.8 Å². The summed E-state index contributed by atoms with van der Waals surface area (Å²) in [5.41, 5.74) is 1.19. The van der Waals surface area contributed by atoms with Crippen molar-refractivity contribution in [3.63, 3.8) is 0 Å². The van der Waals surface area contributed by atoms with E-state index in [2.05, 4.69) is 17.2 Å². The molecular formula is C14H22N2. The second kappa shape index (κ2) is 5.88. The van der Waals surface area contributed by atoms with Crippen molar-refractivity contribution in [1.82, 2.24) is 4.98 Å². The van der Waals surface area contributed by atoms with Crippen LogP contribution in [0.15, 0.2) is 24.5 Å². The van der Waals surface area contributed by atoms with Gasteiger partial charge in [0.25, 0.3) is 0 Å². The molecule has 1 saturated carbocycles. The zero-order valence-corrected chi connectivity index (χ0v) is 10.2. The van der Waals surface area contributed by atoms with Crippen molar-refractivity contribution in [3.8, 4) is 0 Å². The molecule has 0 radical (unpaired) electrons. The molecule has 2 unspecified atom stereocenters. The van der Waals surface area contributed by atoms with Crippen LogP contribution in [0.2, 0.25) is 0 Å². The van der Waals surface area contributed by atoms with Crippen molar-refractivity contribution in [2.24, 2.45) is 11.8 Å². The van der Waals surface area contributed by atoms with E-state index < -0.39 is 0 Å². The molecule has 16 heavy (non-hydrogen) atoms. The van der Waals surface area contributed by atoms with Crippen LogP contribution in [0.3, 0.4) is 0 Å². The first-order valence-electron chi connectivity index (χ1n) is 6.48. The Morgan fingerprint density at radius 2 is 2.12 bits per heavy atom. The van der Waals surface area contributed by atoms with Gasteiger partial charge in [0.2, 0.25) is 0 Å². The van der Waals surface area contributed by atoms with Crippen LogP contribution >= 0.6 is 0 Å². The van der Waals surface area contributed by atoms with E-state index in [4.69, 9.17) is 0 Å². The normalized spacial score (nSPS) is 25.3. The highest BCUT2D eigenvalue weighted by atomic mass is 14.9. The lowest BCUT2D eigenvalue weighted by Crippen LogP contribution is -2.16. The molecule has 88 valence electrons. The highest BCUT2D eigenvalue weighted by molar-refractivity contribution is 5.40.